The van der Waals surface area contributed by atoms with Crippen LogP contribution in [0.2, 0.25) is 0 Å². The molecule has 0 atom stereocenters. The predicted molar refractivity (Wildman–Crippen MR) is 78.5 cm³/mol. The smallest absolute Gasteiger partial charge is 0.135 e. The van der Waals surface area contributed by atoms with Gasteiger partial charge in [-0.1, -0.05) is 24.4 Å². The molecule has 5 heteroatoms. The van der Waals surface area contributed by atoms with Crippen LogP contribution in [-0.2, 0) is 0 Å². The van der Waals surface area contributed by atoms with Crippen LogP contribution >= 0.6 is 12.2 Å². The average molecular weight is 276 g/mol. The maximum atomic E-state index is 13.8. The van der Waals surface area contributed by atoms with Crippen LogP contribution in [0.1, 0.15) is 5.56 Å². The van der Waals surface area contributed by atoms with E-state index in [1.807, 2.05) is 0 Å². The van der Waals surface area contributed by atoms with Crippen molar-refractivity contribution in [2.24, 2.45) is 5.73 Å². The number of phenolic OH excluding ortho intramolecular Hbond substituents is 1. The standard InChI is InChI=1S/C14H13FN2OS/c1-17(9-4-2-5-10(18)8-9)12-7-3-6-11(15)13(12)14(16)19/h2-8,18H,1H3,(H2,16,19). The number of aromatic hydroxyl groups is 1. The summed E-state index contributed by atoms with van der Waals surface area (Å²) in [5.74, 6) is -0.324. The molecule has 3 N–H and O–H groups in total. The molecule has 0 spiro atoms. The number of benzene rings is 2. The van der Waals surface area contributed by atoms with Gasteiger partial charge in [-0.2, -0.15) is 0 Å². The Morgan fingerprint density at radius 2 is 1.95 bits per heavy atom. The second-order valence-corrected chi connectivity index (χ2v) is 4.52. The summed E-state index contributed by atoms with van der Waals surface area (Å²) in [5, 5.41) is 9.49. The van der Waals surface area contributed by atoms with Crippen molar-refractivity contribution < 1.29 is 9.50 Å². The molecule has 0 saturated heterocycles. The number of halogens is 1. The van der Waals surface area contributed by atoms with Crippen LogP contribution in [0.4, 0.5) is 15.8 Å². The highest BCUT2D eigenvalue weighted by Crippen LogP contribution is 2.30. The number of nitrogens with two attached hydrogens (primary N) is 1. The van der Waals surface area contributed by atoms with Gasteiger partial charge in [0, 0.05) is 18.8 Å². The molecule has 3 nitrogen and oxygen atoms in total. The first kappa shape index (κ1) is 13.3. The van der Waals surface area contributed by atoms with E-state index in [1.54, 1.807) is 48.3 Å². The molecule has 0 saturated carbocycles. The summed E-state index contributed by atoms with van der Waals surface area (Å²) in [7, 11) is 1.76. The van der Waals surface area contributed by atoms with E-state index in [0.29, 0.717) is 11.4 Å². The molecular weight excluding hydrogens is 263 g/mol. The Bertz CT molecular complexity index is 631. The maximum absolute atomic E-state index is 13.8. The van der Waals surface area contributed by atoms with Gasteiger partial charge < -0.3 is 15.7 Å². The first-order chi connectivity index (χ1) is 9.00. The minimum absolute atomic E-state index is 0.0000954. The summed E-state index contributed by atoms with van der Waals surface area (Å²) in [6.45, 7) is 0. The molecule has 0 aromatic heterocycles. The van der Waals surface area contributed by atoms with Gasteiger partial charge >= 0.3 is 0 Å². The molecule has 2 aromatic carbocycles. The fraction of sp³-hybridized carbons (Fsp3) is 0.0714. The molecule has 19 heavy (non-hydrogen) atoms. The van der Waals surface area contributed by atoms with Crippen LogP contribution in [0.15, 0.2) is 42.5 Å². The van der Waals surface area contributed by atoms with Crippen molar-refractivity contribution in [3.8, 4) is 5.75 Å². The van der Waals surface area contributed by atoms with Gasteiger partial charge in [0.1, 0.15) is 16.6 Å². The van der Waals surface area contributed by atoms with Gasteiger partial charge in [-0.15, -0.1) is 0 Å². The summed E-state index contributed by atoms with van der Waals surface area (Å²) < 4.78 is 13.8. The van der Waals surface area contributed by atoms with E-state index in [1.165, 1.54) is 6.07 Å². The van der Waals surface area contributed by atoms with Gasteiger partial charge in [0.25, 0.3) is 0 Å². The lowest BCUT2D eigenvalue weighted by atomic mass is 10.1. The molecule has 0 fully saturated rings. The largest absolute Gasteiger partial charge is 0.508 e. The van der Waals surface area contributed by atoms with E-state index in [-0.39, 0.29) is 16.3 Å². The number of hydrogen-bond acceptors (Lipinski definition) is 3. The summed E-state index contributed by atoms with van der Waals surface area (Å²) >= 11 is 4.89. The van der Waals surface area contributed by atoms with Crippen molar-refractivity contribution in [3.05, 3.63) is 53.8 Å². The van der Waals surface area contributed by atoms with Crippen LogP contribution in [0, 0.1) is 5.82 Å². The molecule has 0 radical (unpaired) electrons. The Labute approximate surface area is 116 Å². The number of rotatable bonds is 3. The quantitative estimate of drug-likeness (QED) is 0.846. The number of thiocarbonyl (C=S) groups is 1. The van der Waals surface area contributed by atoms with Crippen molar-refractivity contribution in [1.29, 1.82) is 0 Å². The third-order valence-electron chi connectivity index (χ3n) is 2.82. The molecule has 2 aromatic rings. The lowest BCUT2D eigenvalue weighted by molar-refractivity contribution is 0.475. The third kappa shape index (κ3) is 2.66. The van der Waals surface area contributed by atoms with Gasteiger partial charge in [-0.05, 0) is 24.3 Å². The van der Waals surface area contributed by atoms with E-state index in [2.05, 4.69) is 0 Å². The highest BCUT2D eigenvalue weighted by molar-refractivity contribution is 7.80. The molecule has 0 aliphatic rings. The fourth-order valence-corrected chi connectivity index (χ4v) is 2.08. The van der Waals surface area contributed by atoms with Crippen LogP contribution in [0.5, 0.6) is 5.75 Å². The summed E-state index contributed by atoms with van der Waals surface area (Å²) in [5.41, 5.74) is 7.04. The highest BCUT2D eigenvalue weighted by Gasteiger charge is 2.15. The average Bonchev–Trinajstić information content (AvgIpc) is 2.37. The van der Waals surface area contributed by atoms with E-state index in [9.17, 15) is 9.50 Å². The predicted octanol–water partition coefficient (Wildman–Crippen LogP) is 2.93. The van der Waals surface area contributed by atoms with Gasteiger partial charge in [-0.25, -0.2) is 4.39 Å². The molecule has 0 bridgehead atoms. The lowest BCUT2D eigenvalue weighted by Gasteiger charge is -2.22. The van der Waals surface area contributed by atoms with E-state index in [0.717, 1.165) is 0 Å². The van der Waals surface area contributed by atoms with Crippen molar-refractivity contribution in [3.63, 3.8) is 0 Å². The summed E-state index contributed by atoms with van der Waals surface area (Å²) in [4.78, 5) is 1.72. The zero-order chi connectivity index (χ0) is 14.0. The zero-order valence-corrected chi connectivity index (χ0v) is 11.1. The maximum Gasteiger partial charge on any atom is 0.135 e. The minimum atomic E-state index is -0.461. The first-order valence-corrected chi connectivity index (χ1v) is 6.02. The zero-order valence-electron chi connectivity index (χ0n) is 10.3. The minimum Gasteiger partial charge on any atom is -0.508 e. The molecule has 0 aliphatic carbocycles. The Balaban J connectivity index is 2.53. The molecule has 0 heterocycles. The Hall–Kier alpha value is -2.14. The Kier molecular flexibility index (Phi) is 3.66. The SMILES string of the molecule is CN(c1cccc(O)c1)c1cccc(F)c1C(N)=S. The van der Waals surface area contributed by atoms with E-state index in [4.69, 9.17) is 18.0 Å². The molecule has 2 rings (SSSR count). The van der Waals surface area contributed by atoms with Crippen LogP contribution in [-0.4, -0.2) is 17.1 Å². The number of hydrogen-bond donors (Lipinski definition) is 2. The highest BCUT2D eigenvalue weighted by atomic mass is 32.1. The van der Waals surface area contributed by atoms with Crippen molar-refractivity contribution in [1.82, 2.24) is 0 Å². The van der Waals surface area contributed by atoms with Gasteiger partial charge in [-0.3, -0.25) is 0 Å². The van der Waals surface area contributed by atoms with Gasteiger partial charge in [0.15, 0.2) is 0 Å². The molecule has 0 aliphatic heterocycles. The van der Waals surface area contributed by atoms with Crippen molar-refractivity contribution in [2.75, 3.05) is 11.9 Å². The van der Waals surface area contributed by atoms with Gasteiger partial charge in [0.2, 0.25) is 0 Å². The van der Waals surface area contributed by atoms with Crippen LogP contribution < -0.4 is 10.6 Å². The van der Waals surface area contributed by atoms with Crippen molar-refractivity contribution >= 4 is 28.6 Å². The number of anilines is 2. The monoisotopic (exact) mass is 276 g/mol. The molecular formula is C14H13FN2OS. The first-order valence-electron chi connectivity index (χ1n) is 5.62. The third-order valence-corrected chi connectivity index (χ3v) is 3.02. The molecule has 0 amide bonds. The van der Waals surface area contributed by atoms with Crippen LogP contribution in [0.25, 0.3) is 0 Å². The second-order valence-electron chi connectivity index (χ2n) is 4.08. The topological polar surface area (TPSA) is 49.5 Å². The molecule has 0 unspecified atom stereocenters. The number of phenols is 1. The normalized spacial score (nSPS) is 10.2. The van der Waals surface area contributed by atoms with Crippen LogP contribution in [0.3, 0.4) is 0 Å². The number of nitrogens with zero attached hydrogens (tertiary/aromatic N) is 1. The lowest BCUT2D eigenvalue weighted by Crippen LogP contribution is -2.19. The second kappa shape index (κ2) is 5.24. The Morgan fingerprint density at radius 3 is 2.58 bits per heavy atom. The molecule has 98 valence electrons. The van der Waals surface area contributed by atoms with Crippen molar-refractivity contribution in [2.45, 2.75) is 0 Å². The van der Waals surface area contributed by atoms with E-state index >= 15 is 0 Å². The summed E-state index contributed by atoms with van der Waals surface area (Å²) in [6.07, 6.45) is 0. The Morgan fingerprint density at radius 1 is 1.26 bits per heavy atom. The van der Waals surface area contributed by atoms with E-state index < -0.39 is 5.82 Å². The summed E-state index contributed by atoms with van der Waals surface area (Å²) in [6, 6.07) is 11.3. The van der Waals surface area contributed by atoms with Gasteiger partial charge in [0.05, 0.1) is 11.3 Å². The fourth-order valence-electron chi connectivity index (χ4n) is 1.88.